The molecular formula is C13H16BrClN4. The van der Waals surface area contributed by atoms with Crippen molar-refractivity contribution in [1.82, 2.24) is 20.3 Å². The van der Waals surface area contributed by atoms with Crippen LogP contribution in [0.3, 0.4) is 0 Å². The van der Waals surface area contributed by atoms with Crippen LogP contribution in [0.4, 0.5) is 0 Å². The highest BCUT2D eigenvalue weighted by Gasteiger charge is 2.19. The van der Waals surface area contributed by atoms with E-state index in [-0.39, 0.29) is 6.04 Å². The third-order valence-corrected chi connectivity index (χ3v) is 3.86. The van der Waals surface area contributed by atoms with E-state index in [0.717, 1.165) is 28.7 Å². The Balaban J connectivity index is 2.41. The average molecular weight is 344 g/mol. The SMILES string of the molecule is CCCn1nncc1C(NC)c1ccc(Cl)cc1Br. The summed E-state index contributed by atoms with van der Waals surface area (Å²) in [5.74, 6) is 0. The van der Waals surface area contributed by atoms with Gasteiger partial charge in [0, 0.05) is 16.0 Å². The van der Waals surface area contributed by atoms with Gasteiger partial charge in [-0.05, 0) is 31.2 Å². The molecule has 0 aliphatic heterocycles. The lowest BCUT2D eigenvalue weighted by Crippen LogP contribution is -2.22. The molecule has 0 saturated heterocycles. The van der Waals surface area contributed by atoms with Gasteiger partial charge in [0.2, 0.25) is 0 Å². The largest absolute Gasteiger partial charge is 0.308 e. The Bertz CT molecular complexity index is 555. The predicted octanol–water partition coefficient (Wildman–Crippen LogP) is 3.41. The number of rotatable bonds is 5. The van der Waals surface area contributed by atoms with Gasteiger partial charge < -0.3 is 5.32 Å². The minimum atomic E-state index is 0.0354. The molecule has 0 bridgehead atoms. The lowest BCUT2D eigenvalue weighted by Gasteiger charge is -2.19. The average Bonchev–Trinajstić information content (AvgIpc) is 2.82. The van der Waals surface area contributed by atoms with Crippen molar-refractivity contribution in [2.75, 3.05) is 7.05 Å². The van der Waals surface area contributed by atoms with Crippen molar-refractivity contribution in [3.05, 3.63) is 45.1 Å². The summed E-state index contributed by atoms with van der Waals surface area (Å²) in [6.45, 7) is 2.98. The molecular weight excluding hydrogens is 328 g/mol. The Labute approximate surface area is 126 Å². The molecule has 0 aliphatic rings. The van der Waals surface area contributed by atoms with Crippen molar-refractivity contribution in [3.63, 3.8) is 0 Å². The smallest absolute Gasteiger partial charge is 0.0802 e. The van der Waals surface area contributed by atoms with Gasteiger partial charge in [-0.1, -0.05) is 45.7 Å². The summed E-state index contributed by atoms with van der Waals surface area (Å²) < 4.78 is 2.91. The Kier molecular flexibility index (Phi) is 4.96. The number of nitrogens with one attached hydrogen (secondary N) is 1. The fourth-order valence-electron chi connectivity index (χ4n) is 2.07. The van der Waals surface area contributed by atoms with Crippen LogP contribution in [0.1, 0.15) is 30.6 Å². The zero-order chi connectivity index (χ0) is 13.8. The first-order chi connectivity index (χ1) is 9.17. The molecule has 1 atom stereocenters. The number of benzene rings is 1. The monoisotopic (exact) mass is 342 g/mol. The van der Waals surface area contributed by atoms with Crippen LogP contribution in [0.15, 0.2) is 28.9 Å². The van der Waals surface area contributed by atoms with Crippen molar-refractivity contribution in [3.8, 4) is 0 Å². The summed E-state index contributed by atoms with van der Waals surface area (Å²) >= 11 is 9.55. The Hall–Kier alpha value is -0.910. The van der Waals surface area contributed by atoms with E-state index in [1.54, 1.807) is 6.20 Å². The first-order valence-corrected chi connectivity index (χ1v) is 7.35. The fourth-order valence-corrected chi connectivity index (χ4v) is 2.98. The van der Waals surface area contributed by atoms with E-state index < -0.39 is 0 Å². The predicted molar refractivity (Wildman–Crippen MR) is 80.4 cm³/mol. The van der Waals surface area contributed by atoms with Crippen molar-refractivity contribution in [2.24, 2.45) is 0 Å². The van der Waals surface area contributed by atoms with Gasteiger partial charge in [-0.25, -0.2) is 4.68 Å². The number of aryl methyl sites for hydroxylation is 1. The van der Waals surface area contributed by atoms with Crippen molar-refractivity contribution in [1.29, 1.82) is 0 Å². The van der Waals surface area contributed by atoms with E-state index in [2.05, 4.69) is 38.5 Å². The lowest BCUT2D eigenvalue weighted by atomic mass is 10.0. The second-order valence-electron chi connectivity index (χ2n) is 4.27. The number of hydrogen-bond donors (Lipinski definition) is 1. The van der Waals surface area contributed by atoms with E-state index >= 15 is 0 Å². The maximum absolute atomic E-state index is 5.99. The fraction of sp³-hybridized carbons (Fsp3) is 0.385. The first-order valence-electron chi connectivity index (χ1n) is 6.18. The topological polar surface area (TPSA) is 42.7 Å². The lowest BCUT2D eigenvalue weighted by molar-refractivity contribution is 0.523. The summed E-state index contributed by atoms with van der Waals surface area (Å²) in [4.78, 5) is 0. The number of hydrogen-bond acceptors (Lipinski definition) is 3. The van der Waals surface area contributed by atoms with Crippen molar-refractivity contribution >= 4 is 27.5 Å². The molecule has 0 radical (unpaired) electrons. The molecule has 0 aliphatic carbocycles. The summed E-state index contributed by atoms with van der Waals surface area (Å²) in [7, 11) is 1.93. The van der Waals surface area contributed by atoms with Crippen LogP contribution in [-0.2, 0) is 6.54 Å². The number of halogens is 2. The Morgan fingerprint density at radius 2 is 2.26 bits per heavy atom. The second kappa shape index (κ2) is 6.50. The molecule has 0 amide bonds. The summed E-state index contributed by atoms with van der Waals surface area (Å²) in [6, 6.07) is 5.83. The van der Waals surface area contributed by atoms with Gasteiger partial charge in [-0.15, -0.1) is 5.10 Å². The zero-order valence-electron chi connectivity index (χ0n) is 10.9. The van der Waals surface area contributed by atoms with Crippen LogP contribution in [0.5, 0.6) is 0 Å². The quantitative estimate of drug-likeness (QED) is 0.904. The molecule has 1 aromatic carbocycles. The van der Waals surface area contributed by atoms with Gasteiger partial charge in [0.15, 0.2) is 0 Å². The minimum Gasteiger partial charge on any atom is -0.308 e. The van der Waals surface area contributed by atoms with Crippen LogP contribution < -0.4 is 5.32 Å². The standard InChI is InChI=1S/C13H16BrClN4/c1-3-6-19-12(8-17-18-19)13(16-2)10-5-4-9(15)7-11(10)14/h4-5,7-8,13,16H,3,6H2,1-2H3. The minimum absolute atomic E-state index is 0.0354. The zero-order valence-corrected chi connectivity index (χ0v) is 13.2. The van der Waals surface area contributed by atoms with E-state index in [1.165, 1.54) is 0 Å². The van der Waals surface area contributed by atoms with Crippen LogP contribution in [0, 0.1) is 0 Å². The molecule has 102 valence electrons. The summed E-state index contributed by atoms with van der Waals surface area (Å²) in [5, 5.41) is 12.2. The Morgan fingerprint density at radius 1 is 1.47 bits per heavy atom. The molecule has 2 aromatic rings. The highest BCUT2D eigenvalue weighted by Crippen LogP contribution is 2.30. The van der Waals surface area contributed by atoms with Gasteiger partial charge in [0.25, 0.3) is 0 Å². The molecule has 4 nitrogen and oxygen atoms in total. The third kappa shape index (κ3) is 3.16. The summed E-state index contributed by atoms with van der Waals surface area (Å²) in [6.07, 6.45) is 2.83. The third-order valence-electron chi connectivity index (χ3n) is 2.94. The van der Waals surface area contributed by atoms with Gasteiger partial charge in [-0.2, -0.15) is 0 Å². The normalized spacial score (nSPS) is 12.6. The van der Waals surface area contributed by atoms with Crippen LogP contribution in [-0.4, -0.2) is 22.0 Å². The van der Waals surface area contributed by atoms with Crippen molar-refractivity contribution in [2.45, 2.75) is 25.9 Å². The number of aromatic nitrogens is 3. The second-order valence-corrected chi connectivity index (χ2v) is 5.56. The van der Waals surface area contributed by atoms with Crippen LogP contribution in [0.25, 0.3) is 0 Å². The van der Waals surface area contributed by atoms with E-state index in [1.807, 2.05) is 29.9 Å². The summed E-state index contributed by atoms with van der Waals surface area (Å²) in [5.41, 5.74) is 2.17. The van der Waals surface area contributed by atoms with Crippen LogP contribution >= 0.6 is 27.5 Å². The molecule has 1 unspecified atom stereocenters. The molecule has 0 spiro atoms. The van der Waals surface area contributed by atoms with Gasteiger partial charge in [-0.3, -0.25) is 0 Å². The molecule has 0 saturated carbocycles. The van der Waals surface area contributed by atoms with Gasteiger partial charge in [0.05, 0.1) is 17.9 Å². The van der Waals surface area contributed by atoms with Crippen LogP contribution in [0.2, 0.25) is 5.02 Å². The first kappa shape index (κ1) is 14.5. The van der Waals surface area contributed by atoms with E-state index in [4.69, 9.17) is 11.6 Å². The van der Waals surface area contributed by atoms with Crippen molar-refractivity contribution < 1.29 is 0 Å². The molecule has 0 fully saturated rings. The molecule has 2 rings (SSSR count). The Morgan fingerprint density at radius 3 is 2.89 bits per heavy atom. The molecule has 1 aromatic heterocycles. The van der Waals surface area contributed by atoms with E-state index in [9.17, 15) is 0 Å². The maximum atomic E-state index is 5.99. The highest BCUT2D eigenvalue weighted by molar-refractivity contribution is 9.10. The number of nitrogens with zero attached hydrogens (tertiary/aromatic N) is 3. The van der Waals surface area contributed by atoms with Gasteiger partial charge >= 0.3 is 0 Å². The molecule has 6 heteroatoms. The van der Waals surface area contributed by atoms with E-state index in [0.29, 0.717) is 5.02 Å². The molecule has 19 heavy (non-hydrogen) atoms. The maximum Gasteiger partial charge on any atom is 0.0802 e. The highest BCUT2D eigenvalue weighted by atomic mass is 79.9. The molecule has 1 N–H and O–H groups in total. The van der Waals surface area contributed by atoms with Gasteiger partial charge in [0.1, 0.15) is 0 Å². The molecule has 1 heterocycles.